The first-order chi connectivity index (χ1) is 8.88. The van der Waals surface area contributed by atoms with Gasteiger partial charge in [0.05, 0.1) is 11.6 Å². The molecular weight excluding hydrogens is 248 g/mol. The summed E-state index contributed by atoms with van der Waals surface area (Å²) >= 11 is 0. The molecule has 1 aliphatic rings. The van der Waals surface area contributed by atoms with Crippen LogP contribution in [0.4, 0.5) is 4.79 Å². The lowest BCUT2D eigenvalue weighted by Gasteiger charge is -2.31. The Morgan fingerprint density at radius 2 is 2.21 bits per heavy atom. The van der Waals surface area contributed by atoms with Gasteiger partial charge in [0.2, 0.25) is 5.91 Å². The first kappa shape index (κ1) is 15.9. The molecule has 1 rings (SSSR count). The number of nitrogens with zero attached hydrogens (tertiary/aromatic N) is 1. The summed E-state index contributed by atoms with van der Waals surface area (Å²) in [4.78, 5) is 24.9. The fourth-order valence-corrected chi connectivity index (χ4v) is 2.09. The Bertz CT molecular complexity index is 329. The van der Waals surface area contributed by atoms with E-state index in [1.807, 2.05) is 0 Å². The minimum Gasteiger partial charge on any atom is -0.387 e. The number of hydrogen-bond acceptors (Lipinski definition) is 5. The molecule has 1 heterocycles. The lowest BCUT2D eigenvalue weighted by atomic mass is 10.0. The van der Waals surface area contributed by atoms with Crippen LogP contribution in [-0.4, -0.2) is 66.8 Å². The van der Waals surface area contributed by atoms with E-state index >= 15 is 0 Å². The number of likely N-dealkylation sites (N-methyl/N-ethyl adjacent to an activating group) is 1. The molecule has 110 valence electrons. The van der Waals surface area contributed by atoms with Gasteiger partial charge in [0.15, 0.2) is 0 Å². The highest BCUT2D eigenvalue weighted by molar-refractivity contribution is 5.96. The lowest BCUT2D eigenvalue weighted by Crippen LogP contribution is -2.52. The highest BCUT2D eigenvalue weighted by atomic mass is 16.3. The third-order valence-corrected chi connectivity index (χ3v) is 3.38. The van der Waals surface area contributed by atoms with Gasteiger partial charge in [-0.05, 0) is 33.9 Å². The van der Waals surface area contributed by atoms with Crippen molar-refractivity contribution in [2.24, 2.45) is 0 Å². The van der Waals surface area contributed by atoms with Gasteiger partial charge in [-0.3, -0.25) is 15.0 Å². The first-order valence-electron chi connectivity index (χ1n) is 6.60. The van der Waals surface area contributed by atoms with E-state index in [1.54, 1.807) is 25.8 Å². The zero-order valence-corrected chi connectivity index (χ0v) is 11.8. The van der Waals surface area contributed by atoms with E-state index in [0.29, 0.717) is 26.1 Å². The number of nitrogens with one attached hydrogen (secondary N) is 3. The standard InChI is InChI=1S/C12H24N4O3/c1-4-14-11(18)15-10(17)9(2)16(3)8-12(19)5-6-13-7-12/h9,13,19H,4-8H2,1-3H3,(H2,14,15,17,18). The van der Waals surface area contributed by atoms with Crippen molar-refractivity contribution >= 4 is 11.9 Å². The number of aliphatic hydroxyl groups is 1. The predicted molar refractivity (Wildman–Crippen MR) is 71.7 cm³/mol. The van der Waals surface area contributed by atoms with Gasteiger partial charge in [-0.15, -0.1) is 0 Å². The Morgan fingerprint density at radius 3 is 2.74 bits per heavy atom. The van der Waals surface area contributed by atoms with Gasteiger partial charge >= 0.3 is 6.03 Å². The fraction of sp³-hybridized carbons (Fsp3) is 0.833. The average molecular weight is 272 g/mol. The van der Waals surface area contributed by atoms with Gasteiger partial charge in [-0.1, -0.05) is 0 Å². The maximum atomic E-state index is 11.8. The molecule has 0 spiro atoms. The Labute approximate surface area is 113 Å². The van der Waals surface area contributed by atoms with Crippen molar-refractivity contribution in [2.45, 2.75) is 31.9 Å². The molecule has 1 fully saturated rings. The molecular formula is C12H24N4O3. The van der Waals surface area contributed by atoms with Crippen LogP contribution >= 0.6 is 0 Å². The third-order valence-electron chi connectivity index (χ3n) is 3.38. The minimum atomic E-state index is -0.797. The van der Waals surface area contributed by atoms with Crippen LogP contribution in [0.25, 0.3) is 0 Å². The van der Waals surface area contributed by atoms with Crippen LogP contribution in [0.5, 0.6) is 0 Å². The molecule has 0 radical (unpaired) electrons. The summed E-state index contributed by atoms with van der Waals surface area (Å²) in [6, 6.07) is -0.971. The largest absolute Gasteiger partial charge is 0.387 e. The van der Waals surface area contributed by atoms with Crippen LogP contribution in [-0.2, 0) is 4.79 Å². The highest BCUT2D eigenvalue weighted by Crippen LogP contribution is 2.16. The van der Waals surface area contributed by atoms with Gasteiger partial charge in [0.25, 0.3) is 0 Å². The molecule has 2 unspecified atom stereocenters. The Kier molecular flexibility index (Phi) is 5.71. The van der Waals surface area contributed by atoms with Crippen LogP contribution in [0.15, 0.2) is 0 Å². The fourth-order valence-electron chi connectivity index (χ4n) is 2.09. The average Bonchev–Trinajstić information content (AvgIpc) is 2.74. The number of amides is 3. The number of hydrogen-bond donors (Lipinski definition) is 4. The van der Waals surface area contributed by atoms with Gasteiger partial charge in [-0.2, -0.15) is 0 Å². The summed E-state index contributed by atoms with van der Waals surface area (Å²) in [6.45, 7) is 5.66. The molecule has 4 N–H and O–H groups in total. The molecule has 0 aromatic rings. The predicted octanol–water partition coefficient (Wildman–Crippen LogP) is -1.12. The quantitative estimate of drug-likeness (QED) is 0.508. The van der Waals surface area contributed by atoms with E-state index in [0.717, 1.165) is 6.54 Å². The summed E-state index contributed by atoms with van der Waals surface area (Å²) in [6.07, 6.45) is 0.669. The molecule has 0 saturated carbocycles. The van der Waals surface area contributed by atoms with E-state index in [2.05, 4.69) is 16.0 Å². The molecule has 2 atom stereocenters. The molecule has 1 saturated heterocycles. The van der Waals surface area contributed by atoms with E-state index < -0.39 is 17.7 Å². The second kappa shape index (κ2) is 6.83. The van der Waals surface area contributed by atoms with Crippen molar-refractivity contribution in [1.29, 1.82) is 0 Å². The van der Waals surface area contributed by atoms with E-state index in [9.17, 15) is 14.7 Å². The first-order valence-corrected chi connectivity index (χ1v) is 6.60. The minimum absolute atomic E-state index is 0.372. The Balaban J connectivity index is 2.44. The van der Waals surface area contributed by atoms with Crippen LogP contribution < -0.4 is 16.0 Å². The van der Waals surface area contributed by atoms with Crippen molar-refractivity contribution < 1.29 is 14.7 Å². The molecule has 0 bridgehead atoms. The third kappa shape index (κ3) is 4.77. The SMILES string of the molecule is CCNC(=O)NC(=O)C(C)N(C)CC1(O)CCNC1. The molecule has 0 aliphatic carbocycles. The number of carbonyl (C=O) groups is 2. The van der Waals surface area contributed by atoms with Crippen LogP contribution in [0.1, 0.15) is 20.3 Å². The number of carbonyl (C=O) groups excluding carboxylic acids is 2. The normalized spacial score (nSPS) is 24.3. The second-order valence-corrected chi connectivity index (χ2v) is 5.09. The van der Waals surface area contributed by atoms with Crippen molar-refractivity contribution in [2.75, 3.05) is 33.2 Å². The van der Waals surface area contributed by atoms with Crippen molar-refractivity contribution in [1.82, 2.24) is 20.9 Å². The zero-order chi connectivity index (χ0) is 14.5. The zero-order valence-electron chi connectivity index (χ0n) is 11.8. The molecule has 7 nitrogen and oxygen atoms in total. The van der Waals surface area contributed by atoms with Crippen LogP contribution in [0.2, 0.25) is 0 Å². The summed E-state index contributed by atoms with van der Waals surface area (Å²) in [5, 5.41) is 18.1. The molecule has 7 heteroatoms. The van der Waals surface area contributed by atoms with E-state index in [-0.39, 0.29) is 5.91 Å². The van der Waals surface area contributed by atoms with E-state index in [1.165, 1.54) is 0 Å². The number of rotatable bonds is 5. The molecule has 19 heavy (non-hydrogen) atoms. The highest BCUT2D eigenvalue weighted by Gasteiger charge is 2.34. The van der Waals surface area contributed by atoms with Crippen molar-refractivity contribution in [3.63, 3.8) is 0 Å². The number of imide groups is 1. The number of urea groups is 1. The summed E-state index contributed by atoms with van der Waals surface area (Å²) in [7, 11) is 1.76. The lowest BCUT2D eigenvalue weighted by molar-refractivity contribution is -0.125. The number of β-amino-alcohol motifs (C(OH)–C–C–N with tert-alkyl or cyclic N) is 1. The Hall–Kier alpha value is -1.18. The summed E-state index contributed by atoms with van der Waals surface area (Å²) in [5.41, 5.74) is -0.797. The van der Waals surface area contributed by atoms with Crippen LogP contribution in [0, 0.1) is 0 Å². The molecule has 3 amide bonds. The smallest absolute Gasteiger partial charge is 0.321 e. The van der Waals surface area contributed by atoms with Gasteiger partial charge in [-0.25, -0.2) is 4.79 Å². The van der Waals surface area contributed by atoms with Crippen molar-refractivity contribution in [3.8, 4) is 0 Å². The van der Waals surface area contributed by atoms with Gasteiger partial charge in [0, 0.05) is 19.6 Å². The molecule has 1 aliphatic heterocycles. The van der Waals surface area contributed by atoms with E-state index in [4.69, 9.17) is 0 Å². The molecule has 0 aromatic heterocycles. The topological polar surface area (TPSA) is 93.7 Å². The van der Waals surface area contributed by atoms with Gasteiger partial charge in [0.1, 0.15) is 0 Å². The summed E-state index contributed by atoms with van der Waals surface area (Å²) in [5.74, 6) is -0.372. The maximum Gasteiger partial charge on any atom is 0.321 e. The van der Waals surface area contributed by atoms with Crippen molar-refractivity contribution in [3.05, 3.63) is 0 Å². The van der Waals surface area contributed by atoms with Crippen LogP contribution in [0.3, 0.4) is 0 Å². The molecule has 0 aromatic carbocycles. The summed E-state index contributed by atoms with van der Waals surface area (Å²) < 4.78 is 0. The monoisotopic (exact) mass is 272 g/mol. The Morgan fingerprint density at radius 1 is 1.53 bits per heavy atom. The van der Waals surface area contributed by atoms with Gasteiger partial charge < -0.3 is 15.7 Å². The second-order valence-electron chi connectivity index (χ2n) is 5.09. The maximum absolute atomic E-state index is 11.8.